The van der Waals surface area contributed by atoms with Crippen LogP contribution < -0.4 is 15.8 Å². The minimum Gasteiger partial charge on any atom is -0.348 e. The van der Waals surface area contributed by atoms with Gasteiger partial charge >= 0.3 is 0 Å². The van der Waals surface area contributed by atoms with Crippen LogP contribution in [0.15, 0.2) is 24.3 Å². The first-order valence-electron chi connectivity index (χ1n) is 6.99. The van der Waals surface area contributed by atoms with Crippen molar-refractivity contribution in [2.75, 3.05) is 6.54 Å². The zero-order chi connectivity index (χ0) is 15.5. The lowest BCUT2D eigenvalue weighted by Gasteiger charge is -2.30. The lowest BCUT2D eigenvalue weighted by atomic mass is 9.99. The number of piperidine rings is 1. The first kappa shape index (κ1) is 18.9. The number of carbonyl (C=O) groups is 1. The number of primary sulfonamides is 1. The third-order valence-electron chi connectivity index (χ3n) is 3.64. The molecule has 1 aliphatic rings. The molecule has 6 nitrogen and oxygen atoms in total. The Labute approximate surface area is 137 Å². The fraction of sp³-hybridized carbons (Fsp3) is 0.500. The van der Waals surface area contributed by atoms with Crippen LogP contribution in [0.2, 0.25) is 0 Å². The highest BCUT2D eigenvalue weighted by molar-refractivity contribution is 7.88. The Kier molecular flexibility index (Phi) is 6.80. The number of nitrogens with one attached hydrogen (secondary N) is 2. The summed E-state index contributed by atoms with van der Waals surface area (Å²) in [6, 6.07) is 6.87. The zero-order valence-corrected chi connectivity index (χ0v) is 14.0. The molecule has 4 N–H and O–H groups in total. The molecule has 1 saturated heterocycles. The molecule has 0 aliphatic carbocycles. The highest BCUT2D eigenvalue weighted by atomic mass is 35.5. The van der Waals surface area contributed by atoms with Gasteiger partial charge < -0.3 is 10.6 Å². The van der Waals surface area contributed by atoms with Crippen molar-refractivity contribution >= 4 is 28.3 Å². The predicted molar refractivity (Wildman–Crippen MR) is 88.5 cm³/mol. The number of rotatable bonds is 4. The van der Waals surface area contributed by atoms with Gasteiger partial charge in [0, 0.05) is 17.6 Å². The maximum absolute atomic E-state index is 12.3. The summed E-state index contributed by atoms with van der Waals surface area (Å²) in [6.45, 7) is 3.01. The summed E-state index contributed by atoms with van der Waals surface area (Å²) in [5.41, 5.74) is 0.967. The lowest BCUT2D eigenvalue weighted by Crippen LogP contribution is -2.51. The van der Waals surface area contributed by atoms with E-state index >= 15 is 0 Å². The largest absolute Gasteiger partial charge is 0.348 e. The van der Waals surface area contributed by atoms with E-state index in [2.05, 4.69) is 10.6 Å². The molecule has 0 radical (unpaired) electrons. The molecule has 1 amide bonds. The lowest BCUT2D eigenvalue weighted by molar-refractivity contribution is 0.0919. The van der Waals surface area contributed by atoms with Gasteiger partial charge in [-0.2, -0.15) is 0 Å². The Hall–Kier alpha value is -1.15. The molecule has 8 heteroatoms. The summed E-state index contributed by atoms with van der Waals surface area (Å²) in [7, 11) is -3.60. The first-order valence-corrected chi connectivity index (χ1v) is 8.70. The van der Waals surface area contributed by atoms with Crippen LogP contribution in [0.1, 0.15) is 35.7 Å². The normalized spacial score (nSPS) is 21.7. The van der Waals surface area contributed by atoms with Crippen molar-refractivity contribution in [3.63, 3.8) is 0 Å². The van der Waals surface area contributed by atoms with Crippen molar-refractivity contribution in [3.05, 3.63) is 35.4 Å². The highest BCUT2D eigenvalue weighted by Crippen LogP contribution is 2.11. The molecular formula is C14H22ClN3O3S. The molecule has 1 aromatic carbocycles. The van der Waals surface area contributed by atoms with Crippen LogP contribution >= 0.6 is 12.4 Å². The summed E-state index contributed by atoms with van der Waals surface area (Å²) in [4.78, 5) is 12.3. The van der Waals surface area contributed by atoms with Crippen LogP contribution in [0.3, 0.4) is 0 Å². The van der Waals surface area contributed by atoms with Gasteiger partial charge in [-0.3, -0.25) is 4.79 Å². The van der Waals surface area contributed by atoms with Crippen LogP contribution in [0.4, 0.5) is 0 Å². The molecule has 0 saturated carbocycles. The Balaban J connectivity index is 0.00000242. The predicted octanol–water partition coefficient (Wildman–Crippen LogP) is 0.767. The number of hydrogen-bond donors (Lipinski definition) is 3. The van der Waals surface area contributed by atoms with Crippen molar-refractivity contribution in [2.24, 2.45) is 5.14 Å². The zero-order valence-electron chi connectivity index (χ0n) is 12.4. The van der Waals surface area contributed by atoms with Gasteiger partial charge in [-0.05, 0) is 44.0 Å². The minimum absolute atomic E-state index is 0. The number of halogens is 1. The fourth-order valence-corrected chi connectivity index (χ4v) is 3.17. The monoisotopic (exact) mass is 347 g/mol. The van der Waals surface area contributed by atoms with E-state index in [0.717, 1.165) is 19.4 Å². The number of benzene rings is 1. The number of sulfonamides is 1. The summed E-state index contributed by atoms with van der Waals surface area (Å²) >= 11 is 0. The van der Waals surface area contributed by atoms with E-state index in [1.165, 1.54) is 0 Å². The minimum atomic E-state index is -3.60. The maximum atomic E-state index is 12.3. The van der Waals surface area contributed by atoms with Gasteiger partial charge in [0.1, 0.15) is 0 Å². The van der Waals surface area contributed by atoms with Crippen LogP contribution in [-0.4, -0.2) is 33.0 Å². The third-order valence-corrected chi connectivity index (χ3v) is 4.37. The molecule has 1 heterocycles. The van der Waals surface area contributed by atoms with Crippen LogP contribution in [0, 0.1) is 0 Å². The second-order valence-electron chi connectivity index (χ2n) is 5.47. The van der Waals surface area contributed by atoms with E-state index in [9.17, 15) is 13.2 Å². The van der Waals surface area contributed by atoms with E-state index in [-0.39, 0.29) is 36.2 Å². The van der Waals surface area contributed by atoms with Crippen molar-refractivity contribution in [1.82, 2.24) is 10.6 Å². The summed E-state index contributed by atoms with van der Waals surface area (Å²) in [5, 5.41) is 11.3. The van der Waals surface area contributed by atoms with Crippen molar-refractivity contribution in [3.8, 4) is 0 Å². The number of hydrogen-bond acceptors (Lipinski definition) is 4. The Morgan fingerprint density at radius 1 is 1.45 bits per heavy atom. The van der Waals surface area contributed by atoms with Gasteiger partial charge in [0.25, 0.3) is 5.91 Å². The second kappa shape index (κ2) is 7.92. The Bertz CT molecular complexity index is 622. The van der Waals surface area contributed by atoms with Crippen LogP contribution in [-0.2, 0) is 15.8 Å². The first-order chi connectivity index (χ1) is 9.85. The van der Waals surface area contributed by atoms with Gasteiger partial charge in [0.05, 0.1) is 5.75 Å². The van der Waals surface area contributed by atoms with Crippen molar-refractivity contribution < 1.29 is 13.2 Å². The third kappa shape index (κ3) is 5.57. The van der Waals surface area contributed by atoms with E-state index in [1.54, 1.807) is 24.3 Å². The smallest absolute Gasteiger partial charge is 0.251 e. The van der Waals surface area contributed by atoms with Gasteiger partial charge in [0.15, 0.2) is 0 Å². The van der Waals surface area contributed by atoms with E-state index in [0.29, 0.717) is 11.1 Å². The molecule has 0 aromatic heterocycles. The molecule has 1 aliphatic heterocycles. The molecule has 2 atom stereocenters. The summed E-state index contributed by atoms with van der Waals surface area (Å²) in [6.07, 6.45) is 1.97. The van der Waals surface area contributed by atoms with Gasteiger partial charge in [-0.1, -0.05) is 12.1 Å². The molecule has 1 aromatic rings. The molecule has 0 bridgehead atoms. The number of amides is 1. The summed E-state index contributed by atoms with van der Waals surface area (Å²) in [5.74, 6) is -0.456. The standard InChI is InChI=1S/C14H21N3O3S.ClH/c1-10-13(6-3-7-16-10)17-14(18)12-5-2-4-11(8-12)9-21(15,19)20;/h2,4-5,8,10,13,16H,3,6-7,9H2,1H3,(H,17,18)(H2,15,19,20);1H. The topological polar surface area (TPSA) is 101 Å². The molecule has 124 valence electrons. The van der Waals surface area contributed by atoms with E-state index < -0.39 is 10.0 Å². The van der Waals surface area contributed by atoms with E-state index in [4.69, 9.17) is 5.14 Å². The molecule has 2 rings (SSSR count). The van der Waals surface area contributed by atoms with Crippen molar-refractivity contribution in [1.29, 1.82) is 0 Å². The van der Waals surface area contributed by atoms with Gasteiger partial charge in [-0.15, -0.1) is 12.4 Å². The average Bonchev–Trinajstić information content (AvgIpc) is 2.39. The Morgan fingerprint density at radius 2 is 2.18 bits per heavy atom. The van der Waals surface area contributed by atoms with Crippen LogP contribution in [0.25, 0.3) is 0 Å². The van der Waals surface area contributed by atoms with Crippen molar-refractivity contribution in [2.45, 2.75) is 37.6 Å². The SMILES string of the molecule is CC1NCCCC1NC(=O)c1cccc(CS(N)(=O)=O)c1.Cl. The van der Waals surface area contributed by atoms with Crippen LogP contribution in [0.5, 0.6) is 0 Å². The van der Waals surface area contributed by atoms with Gasteiger partial charge in [-0.25, -0.2) is 13.6 Å². The van der Waals surface area contributed by atoms with E-state index in [1.807, 2.05) is 6.92 Å². The highest BCUT2D eigenvalue weighted by Gasteiger charge is 2.22. The average molecular weight is 348 g/mol. The molecular weight excluding hydrogens is 326 g/mol. The fourth-order valence-electron chi connectivity index (χ4n) is 2.53. The molecule has 0 spiro atoms. The maximum Gasteiger partial charge on any atom is 0.251 e. The molecule has 22 heavy (non-hydrogen) atoms. The Morgan fingerprint density at radius 3 is 2.82 bits per heavy atom. The molecule has 2 unspecified atom stereocenters. The quantitative estimate of drug-likeness (QED) is 0.748. The summed E-state index contributed by atoms with van der Waals surface area (Å²) < 4.78 is 22.2. The molecule has 1 fully saturated rings. The number of nitrogens with two attached hydrogens (primary N) is 1. The van der Waals surface area contributed by atoms with Gasteiger partial charge in [0.2, 0.25) is 10.0 Å². The second-order valence-corrected chi connectivity index (χ2v) is 7.09. The number of carbonyl (C=O) groups excluding carboxylic acids is 1.